The number of thioether (sulfide) groups is 1. The van der Waals surface area contributed by atoms with E-state index in [1.54, 1.807) is 62.6 Å². The fraction of sp³-hybridized carbons (Fsp3) is 0.500. The third-order valence-corrected chi connectivity index (χ3v) is 25.0. The van der Waals surface area contributed by atoms with Gasteiger partial charge in [0.15, 0.2) is 0 Å². The number of primary amides is 2. The van der Waals surface area contributed by atoms with Crippen LogP contribution in [-0.4, -0.2) is 298 Å². The number of likely N-dealkylation sites (N-methyl/N-ethyl adjacent to an activating group) is 3. The average molecular weight is 1860 g/mol. The monoisotopic (exact) mass is 1860 g/mol. The lowest BCUT2D eigenvalue weighted by atomic mass is 9.99. The number of carbonyl (C=O) groups excluding carboxylic acids is 17. The number of nitrogens with two attached hydrogens (primary N) is 2. The number of aromatic nitrogens is 4. The molecule has 9 rings (SSSR count). The predicted octanol–water partition coefficient (Wildman–Crippen LogP) is -0.0322. The minimum atomic E-state index is -1.77. The van der Waals surface area contributed by atoms with E-state index in [1.807, 2.05) is 26.0 Å². The first-order valence-electron chi connectivity index (χ1n) is 44.7. The van der Waals surface area contributed by atoms with Crippen LogP contribution in [0.2, 0.25) is 0 Å². The fourth-order valence-corrected chi connectivity index (χ4v) is 17.5. The molecule has 15 atom stereocenters. The number of unbranched alkanes of at least 4 members (excludes halogenated alkanes) is 2. The number of nitrogens with zero attached hydrogens (tertiary/aromatic N) is 6. The van der Waals surface area contributed by atoms with Gasteiger partial charge in [0.05, 0.1) is 31.1 Å². The van der Waals surface area contributed by atoms with Gasteiger partial charge in [-0.05, 0) is 98.7 Å². The van der Waals surface area contributed by atoms with Gasteiger partial charge >= 0.3 is 0 Å². The van der Waals surface area contributed by atoms with Crippen molar-refractivity contribution in [1.29, 1.82) is 0 Å². The SMILES string of the molecule is C=CC[C@@H]1NC(=O)[C@H](Cc2c[nH]c3ccccc23)NC(=O)[C@@H]2C[C@@H](O)CN2C(=O)[C@H](CC(C)C)NC(=O)[C@H](Cc2cnc[nH]2)NC(=O)[C@@H]2CCCN2C(=O)[C@H](CC(N)=O)NC(=O)[C@H](C)N(C)C(=O)[C@H](Cc2ccc(O)cc2)NC(=O)CSC[C@@H](C(=O)NCC(N)=O)NC(=O)[C@H](CC=C)NC(=O)[C@H](CCCC)N(C)C(=O)[C@H](CCCC)N(C)C(=O)[C@H](Cc2c[nH]c3ccccc23)NC1=O. The topological polar surface area (TPSA) is 579 Å². The summed E-state index contributed by atoms with van der Waals surface area (Å²) < 4.78 is 0. The molecule has 718 valence electrons. The number of hydrogen-bond acceptors (Lipinski definition) is 21. The van der Waals surface area contributed by atoms with Crippen molar-refractivity contribution in [3.63, 3.8) is 0 Å². The number of aliphatic hydroxyl groups excluding tert-OH is 1. The molecule has 41 heteroatoms. The Morgan fingerprint density at radius 1 is 0.556 bits per heavy atom. The summed E-state index contributed by atoms with van der Waals surface area (Å²) >= 11 is 0.783. The van der Waals surface area contributed by atoms with Crippen LogP contribution in [0.4, 0.5) is 0 Å². The molecule has 19 N–H and O–H groups in total. The molecular formula is C92H125N21O19S. The molecule has 133 heavy (non-hydrogen) atoms. The zero-order chi connectivity index (χ0) is 97.0. The maximum atomic E-state index is 15.8. The Labute approximate surface area is 774 Å². The number of para-hydroxylation sites is 2. The molecule has 3 saturated heterocycles. The first-order valence-corrected chi connectivity index (χ1v) is 45.9. The lowest BCUT2D eigenvalue weighted by Gasteiger charge is -2.36. The standard InChI is InChI=1S/C92H125N21O19S/c1-11-15-28-72-85(125)102-64(23-14-4)82(122)108-71(80(120)98-46-77(94)117)48-133-49-78(118)100-68(37-53-31-33-57(114)34-32-53)88(128)109(8)52(7)79(119)105-70(42-76(93)116)90(130)112-35-21-30-73(112)86(126)104-66(40-56-45-95-50-99-56)84(124)106-67(36-51(5)6)91(131)113-47-58(115)41-75(113)87(127)103-65(38-54-43-96-61-26-19-17-24-59(54)61)83(123)101-63(22-13-3)81(121)107-69(39-55-44-97-62-27-20-18-25-60(55)62)89(129)111(10)74(29-16-12-2)92(132)110(72)9/h13-14,17-20,24-27,31-34,43-45,50-52,58,63-75,96-97,114-115H,3-4,11-12,15-16,21-23,28-30,35-42,46-49H2,1-2,5-10H3,(H2,93,116)(H2,94,117)(H,95,99)(H,98,120)(H,100,118)(H,101,123)(H,102,125)(H,103,127)(H,104,126)(H,105,119)(H,106,124)(H,107,121)(H,108,122)/t52-,58+,63-,64-,65-,66-,67-,68-,69-,70-,71-,72-,73-,74-,75-/m0/s1. The van der Waals surface area contributed by atoms with Crippen molar-refractivity contribution >= 4 is 134 Å². The molecule has 0 spiro atoms. The summed E-state index contributed by atoms with van der Waals surface area (Å²) in [6.07, 6.45) is 6.63. The molecule has 0 aliphatic carbocycles. The highest BCUT2D eigenvalue weighted by atomic mass is 32.2. The second kappa shape index (κ2) is 49.1. The smallest absolute Gasteiger partial charge is 0.246 e. The highest BCUT2D eigenvalue weighted by Crippen LogP contribution is 2.28. The summed E-state index contributed by atoms with van der Waals surface area (Å²) in [5, 5.41) is 49.9. The van der Waals surface area contributed by atoms with E-state index in [9.17, 15) is 53.4 Å². The van der Waals surface area contributed by atoms with Crippen molar-refractivity contribution in [2.24, 2.45) is 17.4 Å². The third kappa shape index (κ3) is 28.3. The van der Waals surface area contributed by atoms with E-state index in [2.05, 4.69) is 86.3 Å². The van der Waals surface area contributed by atoms with E-state index in [0.717, 1.165) is 26.5 Å². The molecule has 3 aromatic carbocycles. The number of phenolic OH excluding ortho intramolecular Hbond substituents is 1. The van der Waals surface area contributed by atoms with Gasteiger partial charge in [-0.3, -0.25) is 81.5 Å². The largest absolute Gasteiger partial charge is 0.508 e. The molecule has 3 aliphatic heterocycles. The van der Waals surface area contributed by atoms with Crippen LogP contribution in [0.15, 0.2) is 123 Å². The Morgan fingerprint density at radius 3 is 1.65 bits per heavy atom. The van der Waals surface area contributed by atoms with Gasteiger partial charge in [-0.2, -0.15) is 0 Å². The molecule has 3 aliphatic rings. The first kappa shape index (κ1) is 103. The van der Waals surface area contributed by atoms with Crippen molar-refractivity contribution in [1.82, 2.24) is 97.6 Å². The number of H-pyrrole nitrogens is 3. The van der Waals surface area contributed by atoms with Gasteiger partial charge < -0.3 is 114 Å². The lowest BCUT2D eigenvalue weighted by molar-refractivity contribution is -0.149. The van der Waals surface area contributed by atoms with Crippen LogP contribution in [0, 0.1) is 5.92 Å². The van der Waals surface area contributed by atoms with Gasteiger partial charge in [0.25, 0.3) is 0 Å². The zero-order valence-corrected chi connectivity index (χ0v) is 77.0. The Morgan fingerprint density at radius 2 is 1.07 bits per heavy atom. The molecular weight excluding hydrogens is 1740 g/mol. The summed E-state index contributed by atoms with van der Waals surface area (Å²) in [5.41, 5.74) is 14.3. The Kier molecular flexibility index (Phi) is 38.2. The molecule has 6 aromatic rings. The first-order chi connectivity index (χ1) is 63.4. The lowest BCUT2D eigenvalue weighted by Crippen LogP contribution is -2.61. The number of amides is 17. The predicted molar refractivity (Wildman–Crippen MR) is 493 cm³/mol. The number of aliphatic hydroxyl groups is 1. The maximum Gasteiger partial charge on any atom is 0.246 e. The summed E-state index contributed by atoms with van der Waals surface area (Å²) in [6.45, 7) is 15.0. The van der Waals surface area contributed by atoms with Gasteiger partial charge in [0.1, 0.15) is 90.3 Å². The van der Waals surface area contributed by atoms with Crippen molar-refractivity contribution in [2.75, 3.05) is 52.3 Å². The van der Waals surface area contributed by atoms with Crippen molar-refractivity contribution in [3.8, 4) is 5.75 Å². The molecule has 17 amide bonds. The number of rotatable bonds is 25. The zero-order valence-electron chi connectivity index (χ0n) is 76.2. The summed E-state index contributed by atoms with van der Waals surface area (Å²) in [4.78, 5) is 269. The minimum Gasteiger partial charge on any atom is -0.508 e. The molecule has 6 heterocycles. The quantitative estimate of drug-likeness (QED) is 0.0335. The second-order valence-corrected chi connectivity index (χ2v) is 35.4. The van der Waals surface area contributed by atoms with Crippen molar-refractivity contribution in [3.05, 3.63) is 145 Å². The van der Waals surface area contributed by atoms with Crippen LogP contribution in [0.1, 0.15) is 140 Å². The fourth-order valence-electron chi connectivity index (χ4n) is 16.6. The number of aromatic hydroxyl groups is 1. The van der Waals surface area contributed by atoms with Crippen LogP contribution >= 0.6 is 11.8 Å². The van der Waals surface area contributed by atoms with E-state index in [-0.39, 0.29) is 95.3 Å². The normalized spacial score (nSPS) is 24.9. The Hall–Kier alpha value is -13.5. The maximum absolute atomic E-state index is 15.8. The van der Waals surface area contributed by atoms with Gasteiger partial charge in [-0.1, -0.05) is 114 Å². The van der Waals surface area contributed by atoms with Crippen LogP contribution in [0.25, 0.3) is 21.8 Å². The van der Waals surface area contributed by atoms with Gasteiger partial charge in [-0.25, -0.2) is 4.98 Å². The molecule has 3 aromatic heterocycles. The van der Waals surface area contributed by atoms with Crippen molar-refractivity contribution in [2.45, 2.75) is 234 Å². The number of nitrogens with one attached hydrogen (secondary N) is 13. The van der Waals surface area contributed by atoms with Crippen LogP contribution < -0.4 is 64.6 Å². The number of hydrogen-bond donors (Lipinski definition) is 17. The number of aromatic amines is 3. The minimum absolute atomic E-state index is 0.00528. The van der Waals surface area contributed by atoms with Crippen LogP contribution in [0.3, 0.4) is 0 Å². The Bertz CT molecular complexity index is 5180. The molecule has 0 unspecified atom stereocenters. The molecule has 0 bridgehead atoms. The second-order valence-electron chi connectivity index (χ2n) is 34.4. The summed E-state index contributed by atoms with van der Waals surface area (Å²) in [7, 11) is 3.99. The summed E-state index contributed by atoms with van der Waals surface area (Å²) in [6, 6.07) is -1.08. The summed E-state index contributed by atoms with van der Waals surface area (Å²) in [5.74, 6) is -16.8. The molecule has 0 saturated carbocycles. The molecule has 0 radical (unpaired) electrons. The van der Waals surface area contributed by atoms with Gasteiger partial charge in [0.2, 0.25) is 100 Å². The highest BCUT2D eigenvalue weighted by molar-refractivity contribution is 8.00. The molecule has 40 nitrogen and oxygen atoms in total. The van der Waals surface area contributed by atoms with E-state index in [0.29, 0.717) is 69.9 Å². The van der Waals surface area contributed by atoms with E-state index in [1.165, 1.54) is 86.8 Å². The van der Waals surface area contributed by atoms with E-state index >= 15 is 38.4 Å². The number of imidazole rings is 1. The number of carbonyl (C=O) groups is 17. The Balaban J connectivity index is 1.10. The number of benzene rings is 3. The third-order valence-electron chi connectivity index (χ3n) is 24.0. The van der Waals surface area contributed by atoms with Gasteiger partial charge in [-0.15, -0.1) is 24.9 Å². The van der Waals surface area contributed by atoms with E-state index in [4.69, 9.17) is 11.5 Å². The van der Waals surface area contributed by atoms with Crippen molar-refractivity contribution < 1.29 is 91.7 Å². The number of phenols is 1. The van der Waals surface area contributed by atoms with Crippen LogP contribution in [-0.2, 0) is 107 Å². The number of fused-ring (bicyclic) bond motifs is 4. The van der Waals surface area contributed by atoms with Crippen LogP contribution in [0.5, 0.6) is 5.75 Å². The average Bonchev–Trinajstić information content (AvgIpc) is 1.66. The molecule has 3 fully saturated rings. The van der Waals surface area contributed by atoms with Gasteiger partial charge in [0, 0.05) is 118 Å². The van der Waals surface area contributed by atoms with E-state index < -0.39 is 222 Å². The highest BCUT2D eigenvalue weighted by Gasteiger charge is 2.47.